The summed E-state index contributed by atoms with van der Waals surface area (Å²) in [5, 5.41) is 3.60. The van der Waals surface area contributed by atoms with Crippen LogP contribution in [0.2, 0.25) is 0 Å². The summed E-state index contributed by atoms with van der Waals surface area (Å²) in [6.45, 7) is 6.26. The fourth-order valence-electron chi connectivity index (χ4n) is 2.61. The molecule has 1 aliphatic heterocycles. The molecule has 0 spiro atoms. The number of rotatable bonds is 6. The lowest BCUT2D eigenvalue weighted by Crippen LogP contribution is -2.38. The topological polar surface area (TPSA) is 21.3 Å². The predicted octanol–water partition coefficient (Wildman–Crippen LogP) is 3.42. The van der Waals surface area contributed by atoms with Crippen LogP contribution in [-0.4, -0.2) is 30.8 Å². The lowest BCUT2D eigenvalue weighted by Gasteiger charge is -2.31. The lowest BCUT2D eigenvalue weighted by atomic mass is 9.98. The molecule has 0 saturated carbocycles. The number of aryl methyl sites for hydroxylation is 1. The highest BCUT2D eigenvalue weighted by Gasteiger charge is 2.25. The van der Waals surface area contributed by atoms with E-state index in [1.54, 1.807) is 0 Å². The van der Waals surface area contributed by atoms with Gasteiger partial charge in [-0.05, 0) is 24.1 Å². The molecule has 19 heavy (non-hydrogen) atoms. The van der Waals surface area contributed by atoms with E-state index in [0.29, 0.717) is 12.1 Å². The van der Waals surface area contributed by atoms with E-state index in [1.165, 1.54) is 17.5 Å². The van der Waals surface area contributed by atoms with Crippen molar-refractivity contribution in [3.8, 4) is 0 Å². The molecule has 1 heterocycles. The van der Waals surface area contributed by atoms with Crippen LogP contribution in [0, 0.1) is 0 Å². The normalized spacial score (nSPS) is 21.3. The van der Waals surface area contributed by atoms with Gasteiger partial charge in [-0.1, -0.05) is 44.5 Å². The van der Waals surface area contributed by atoms with Crippen LogP contribution < -0.4 is 5.32 Å². The fourth-order valence-corrected chi connectivity index (χ4v) is 3.51. The second-order valence-corrected chi connectivity index (χ2v) is 6.16. The van der Waals surface area contributed by atoms with Gasteiger partial charge in [0.25, 0.3) is 0 Å². The average molecular weight is 279 g/mol. The molecule has 0 amide bonds. The standard InChI is InChI=1S/C16H25NOS/c1-3-6-13-7-5-8-14(11-13)16(17-4-2)15-12-19-10-9-18-15/h5,7-8,11,15-17H,3-4,6,9-10,12H2,1-2H3. The van der Waals surface area contributed by atoms with Gasteiger partial charge in [-0.15, -0.1) is 0 Å². The van der Waals surface area contributed by atoms with Gasteiger partial charge in [0.2, 0.25) is 0 Å². The van der Waals surface area contributed by atoms with Crippen molar-refractivity contribution in [3.05, 3.63) is 35.4 Å². The van der Waals surface area contributed by atoms with Crippen molar-refractivity contribution in [2.45, 2.75) is 38.8 Å². The van der Waals surface area contributed by atoms with Gasteiger partial charge in [0.15, 0.2) is 0 Å². The highest BCUT2D eigenvalue weighted by atomic mass is 32.2. The molecule has 0 radical (unpaired) electrons. The van der Waals surface area contributed by atoms with Crippen molar-refractivity contribution in [2.75, 3.05) is 24.7 Å². The summed E-state index contributed by atoms with van der Waals surface area (Å²) in [6, 6.07) is 9.32. The summed E-state index contributed by atoms with van der Waals surface area (Å²) in [5.74, 6) is 2.22. The van der Waals surface area contributed by atoms with Crippen LogP contribution in [0.1, 0.15) is 37.4 Å². The maximum Gasteiger partial charge on any atom is 0.0860 e. The van der Waals surface area contributed by atoms with E-state index in [9.17, 15) is 0 Å². The van der Waals surface area contributed by atoms with Crippen molar-refractivity contribution < 1.29 is 4.74 Å². The van der Waals surface area contributed by atoms with Crippen molar-refractivity contribution in [1.29, 1.82) is 0 Å². The Labute approximate surface area is 121 Å². The Morgan fingerprint density at radius 2 is 2.32 bits per heavy atom. The molecule has 2 rings (SSSR count). The second kappa shape index (κ2) is 7.93. The molecule has 2 atom stereocenters. The monoisotopic (exact) mass is 279 g/mol. The largest absolute Gasteiger partial charge is 0.375 e. The number of likely N-dealkylation sites (N-methyl/N-ethyl adjacent to an activating group) is 1. The minimum absolute atomic E-state index is 0.301. The maximum absolute atomic E-state index is 5.96. The van der Waals surface area contributed by atoms with E-state index >= 15 is 0 Å². The molecule has 0 bridgehead atoms. The Bertz CT molecular complexity index is 377. The number of benzene rings is 1. The maximum atomic E-state index is 5.96. The van der Waals surface area contributed by atoms with Gasteiger partial charge in [-0.25, -0.2) is 0 Å². The van der Waals surface area contributed by atoms with Crippen LogP contribution in [0.3, 0.4) is 0 Å². The predicted molar refractivity (Wildman–Crippen MR) is 83.9 cm³/mol. The summed E-state index contributed by atoms with van der Waals surface area (Å²) in [7, 11) is 0. The van der Waals surface area contributed by atoms with Crippen molar-refractivity contribution in [2.24, 2.45) is 0 Å². The Hall–Kier alpha value is -0.510. The fraction of sp³-hybridized carbons (Fsp3) is 0.625. The van der Waals surface area contributed by atoms with E-state index in [4.69, 9.17) is 4.74 Å². The van der Waals surface area contributed by atoms with Crippen LogP contribution in [0.15, 0.2) is 24.3 Å². The zero-order chi connectivity index (χ0) is 13.5. The lowest BCUT2D eigenvalue weighted by molar-refractivity contribution is 0.0472. The van der Waals surface area contributed by atoms with Crippen molar-refractivity contribution >= 4 is 11.8 Å². The number of nitrogens with one attached hydrogen (secondary N) is 1. The molecule has 1 fully saturated rings. The highest BCUT2D eigenvalue weighted by Crippen LogP contribution is 2.26. The third kappa shape index (κ3) is 4.23. The minimum Gasteiger partial charge on any atom is -0.375 e. The first-order chi connectivity index (χ1) is 9.35. The van der Waals surface area contributed by atoms with Gasteiger partial charge in [0, 0.05) is 11.5 Å². The second-order valence-electron chi connectivity index (χ2n) is 5.01. The molecule has 2 nitrogen and oxygen atoms in total. The van der Waals surface area contributed by atoms with Gasteiger partial charge >= 0.3 is 0 Å². The SMILES string of the molecule is CCCc1cccc(C(NCC)C2CSCCO2)c1. The molecule has 1 N–H and O–H groups in total. The van der Waals surface area contributed by atoms with E-state index in [1.807, 2.05) is 11.8 Å². The molecule has 1 saturated heterocycles. The molecule has 0 aliphatic carbocycles. The molecule has 3 heteroatoms. The van der Waals surface area contributed by atoms with E-state index in [2.05, 4.69) is 43.4 Å². The third-order valence-corrected chi connectivity index (χ3v) is 4.51. The number of thioether (sulfide) groups is 1. The molecule has 0 aromatic heterocycles. The number of hydrogen-bond donors (Lipinski definition) is 1. The Balaban J connectivity index is 2.14. The van der Waals surface area contributed by atoms with Gasteiger partial charge in [-0.2, -0.15) is 11.8 Å². The molecule has 1 aromatic carbocycles. The summed E-state index contributed by atoms with van der Waals surface area (Å²) in [4.78, 5) is 0. The zero-order valence-corrected chi connectivity index (χ0v) is 12.8. The number of ether oxygens (including phenoxy) is 1. The van der Waals surface area contributed by atoms with Gasteiger partial charge in [0.05, 0.1) is 18.8 Å². The summed E-state index contributed by atoms with van der Waals surface area (Å²) in [5.41, 5.74) is 2.81. The molecule has 1 aliphatic rings. The molecule has 2 unspecified atom stereocenters. The first-order valence-electron chi connectivity index (χ1n) is 7.36. The van der Waals surface area contributed by atoms with E-state index in [0.717, 1.165) is 31.1 Å². The van der Waals surface area contributed by atoms with Crippen molar-refractivity contribution in [1.82, 2.24) is 5.32 Å². The van der Waals surface area contributed by atoms with Crippen LogP contribution in [0.5, 0.6) is 0 Å². The van der Waals surface area contributed by atoms with Crippen molar-refractivity contribution in [3.63, 3.8) is 0 Å². The summed E-state index contributed by atoms with van der Waals surface area (Å²) < 4.78 is 5.96. The van der Waals surface area contributed by atoms with Gasteiger partial charge < -0.3 is 10.1 Å². The third-order valence-electron chi connectivity index (χ3n) is 3.49. The zero-order valence-electron chi connectivity index (χ0n) is 12.0. The van der Waals surface area contributed by atoms with Crippen LogP contribution in [0.25, 0.3) is 0 Å². The highest BCUT2D eigenvalue weighted by molar-refractivity contribution is 7.99. The first kappa shape index (κ1) is 14.9. The molecular weight excluding hydrogens is 254 g/mol. The van der Waals surface area contributed by atoms with Gasteiger partial charge in [0.1, 0.15) is 0 Å². The Morgan fingerprint density at radius 1 is 1.42 bits per heavy atom. The molecular formula is C16H25NOS. The smallest absolute Gasteiger partial charge is 0.0860 e. The van der Waals surface area contributed by atoms with Crippen LogP contribution >= 0.6 is 11.8 Å². The Morgan fingerprint density at radius 3 is 3.00 bits per heavy atom. The van der Waals surface area contributed by atoms with E-state index in [-0.39, 0.29) is 0 Å². The van der Waals surface area contributed by atoms with Crippen LogP contribution in [-0.2, 0) is 11.2 Å². The number of hydrogen-bond acceptors (Lipinski definition) is 3. The minimum atomic E-state index is 0.301. The summed E-state index contributed by atoms with van der Waals surface area (Å²) in [6.07, 6.45) is 2.66. The van der Waals surface area contributed by atoms with Crippen LogP contribution in [0.4, 0.5) is 0 Å². The average Bonchev–Trinajstić information content (AvgIpc) is 2.46. The molecule has 1 aromatic rings. The Kier molecular flexibility index (Phi) is 6.21. The quantitative estimate of drug-likeness (QED) is 0.862. The first-order valence-corrected chi connectivity index (χ1v) is 8.52. The van der Waals surface area contributed by atoms with Gasteiger partial charge in [-0.3, -0.25) is 0 Å². The summed E-state index contributed by atoms with van der Waals surface area (Å²) >= 11 is 2.00. The molecule has 106 valence electrons. The van der Waals surface area contributed by atoms with E-state index < -0.39 is 0 Å².